The molecule has 3 rings (SSSR count). The number of piperidine rings is 1. The summed E-state index contributed by atoms with van der Waals surface area (Å²) in [5.74, 6) is 0.811. The predicted molar refractivity (Wildman–Crippen MR) is 82.2 cm³/mol. The second kappa shape index (κ2) is 6.12. The molecule has 1 N–H and O–H groups in total. The summed E-state index contributed by atoms with van der Waals surface area (Å²) >= 11 is 1.76. The Morgan fingerprint density at radius 1 is 1.40 bits per heavy atom. The van der Waals surface area contributed by atoms with E-state index in [0.29, 0.717) is 18.4 Å². The molecule has 4 nitrogen and oxygen atoms in total. The van der Waals surface area contributed by atoms with Crippen molar-refractivity contribution < 1.29 is 4.79 Å². The van der Waals surface area contributed by atoms with Crippen molar-refractivity contribution in [3.8, 4) is 0 Å². The number of aromatic nitrogens is 1. The standard InChI is InChI=1S/C15H23N3OS/c1-11-10-16-15(20-11)18-7-5-12(6-8-18)9-14(19)17-13-3-2-4-13/h10,12-13H,2-9H2,1H3,(H,17,19). The van der Waals surface area contributed by atoms with Crippen LogP contribution in [-0.4, -0.2) is 30.0 Å². The van der Waals surface area contributed by atoms with Crippen molar-refractivity contribution in [2.75, 3.05) is 18.0 Å². The van der Waals surface area contributed by atoms with Crippen LogP contribution in [0.1, 0.15) is 43.4 Å². The molecule has 1 saturated carbocycles. The SMILES string of the molecule is Cc1cnc(N2CCC(CC(=O)NC3CCC3)CC2)s1. The maximum atomic E-state index is 11.9. The topological polar surface area (TPSA) is 45.2 Å². The first-order valence-electron chi connectivity index (χ1n) is 7.67. The zero-order valence-corrected chi connectivity index (χ0v) is 12.9. The van der Waals surface area contributed by atoms with E-state index < -0.39 is 0 Å². The largest absolute Gasteiger partial charge is 0.353 e. The van der Waals surface area contributed by atoms with E-state index in [0.717, 1.165) is 31.1 Å². The molecule has 0 unspecified atom stereocenters. The first kappa shape index (κ1) is 13.9. The fourth-order valence-electron chi connectivity index (χ4n) is 2.92. The van der Waals surface area contributed by atoms with Gasteiger partial charge in [-0.15, -0.1) is 11.3 Å². The smallest absolute Gasteiger partial charge is 0.220 e. The summed E-state index contributed by atoms with van der Waals surface area (Å²) in [5, 5.41) is 4.29. The van der Waals surface area contributed by atoms with Gasteiger partial charge < -0.3 is 10.2 Å². The monoisotopic (exact) mass is 293 g/mol. The third kappa shape index (κ3) is 3.32. The van der Waals surface area contributed by atoms with E-state index in [2.05, 4.69) is 22.1 Å². The van der Waals surface area contributed by atoms with Crippen LogP contribution in [0.15, 0.2) is 6.20 Å². The Morgan fingerprint density at radius 2 is 2.15 bits per heavy atom. The second-order valence-electron chi connectivity index (χ2n) is 6.08. The fraction of sp³-hybridized carbons (Fsp3) is 0.733. The van der Waals surface area contributed by atoms with Crippen LogP contribution in [0.25, 0.3) is 0 Å². The minimum atomic E-state index is 0.262. The van der Waals surface area contributed by atoms with E-state index >= 15 is 0 Å². The Labute approximate surface area is 124 Å². The quantitative estimate of drug-likeness (QED) is 0.928. The highest BCUT2D eigenvalue weighted by Crippen LogP contribution is 2.28. The third-order valence-corrected chi connectivity index (χ3v) is 5.41. The lowest BCUT2D eigenvalue weighted by atomic mass is 9.91. The van der Waals surface area contributed by atoms with Gasteiger partial charge in [-0.05, 0) is 44.9 Å². The molecule has 1 aliphatic carbocycles. The van der Waals surface area contributed by atoms with Gasteiger partial charge in [-0.1, -0.05) is 0 Å². The van der Waals surface area contributed by atoms with Gasteiger partial charge in [-0.2, -0.15) is 0 Å². The number of carbonyl (C=O) groups excluding carboxylic acids is 1. The Bertz CT molecular complexity index is 461. The third-order valence-electron chi connectivity index (χ3n) is 4.44. The van der Waals surface area contributed by atoms with Crippen molar-refractivity contribution in [3.63, 3.8) is 0 Å². The molecular weight excluding hydrogens is 270 g/mol. The maximum absolute atomic E-state index is 11.9. The van der Waals surface area contributed by atoms with Crippen LogP contribution in [0.3, 0.4) is 0 Å². The van der Waals surface area contributed by atoms with Crippen LogP contribution >= 0.6 is 11.3 Å². The number of rotatable bonds is 4. The number of nitrogens with one attached hydrogen (secondary N) is 1. The molecule has 2 aliphatic rings. The van der Waals surface area contributed by atoms with Gasteiger partial charge >= 0.3 is 0 Å². The van der Waals surface area contributed by atoms with Gasteiger partial charge in [0.2, 0.25) is 5.91 Å². The minimum absolute atomic E-state index is 0.262. The van der Waals surface area contributed by atoms with Crippen molar-refractivity contribution in [1.82, 2.24) is 10.3 Å². The molecule has 1 amide bonds. The summed E-state index contributed by atoms with van der Waals surface area (Å²) in [5.41, 5.74) is 0. The van der Waals surface area contributed by atoms with Crippen LogP contribution in [-0.2, 0) is 4.79 Å². The molecule has 110 valence electrons. The second-order valence-corrected chi connectivity index (χ2v) is 7.30. The molecule has 2 heterocycles. The summed E-state index contributed by atoms with van der Waals surface area (Å²) in [4.78, 5) is 20.0. The Kier molecular flexibility index (Phi) is 4.24. The van der Waals surface area contributed by atoms with E-state index in [1.54, 1.807) is 11.3 Å². The number of nitrogens with zero attached hydrogens (tertiary/aromatic N) is 2. The van der Waals surface area contributed by atoms with Gasteiger partial charge in [0.05, 0.1) is 0 Å². The summed E-state index contributed by atoms with van der Waals surface area (Å²) in [6.07, 6.45) is 8.49. The number of hydrogen-bond acceptors (Lipinski definition) is 4. The molecule has 0 bridgehead atoms. The first-order chi connectivity index (χ1) is 9.70. The van der Waals surface area contributed by atoms with Gasteiger partial charge in [0.15, 0.2) is 5.13 Å². The van der Waals surface area contributed by atoms with E-state index in [-0.39, 0.29) is 5.91 Å². The predicted octanol–water partition coefficient (Wildman–Crippen LogP) is 2.73. The summed E-state index contributed by atoms with van der Waals surface area (Å²) in [6, 6.07) is 0.473. The number of thiazole rings is 1. The lowest BCUT2D eigenvalue weighted by Gasteiger charge is -2.32. The molecule has 2 fully saturated rings. The number of hydrogen-bond donors (Lipinski definition) is 1. The van der Waals surface area contributed by atoms with Crippen LogP contribution in [0.2, 0.25) is 0 Å². The number of carbonyl (C=O) groups is 1. The lowest BCUT2D eigenvalue weighted by molar-refractivity contribution is -0.123. The van der Waals surface area contributed by atoms with E-state index in [1.165, 1.54) is 24.1 Å². The van der Waals surface area contributed by atoms with Crippen molar-refractivity contribution in [2.45, 2.75) is 51.5 Å². The molecule has 0 aromatic carbocycles. The molecule has 1 aromatic rings. The molecule has 0 radical (unpaired) electrons. The van der Waals surface area contributed by atoms with Crippen molar-refractivity contribution in [2.24, 2.45) is 5.92 Å². The van der Waals surface area contributed by atoms with Crippen LogP contribution in [0, 0.1) is 12.8 Å². The zero-order chi connectivity index (χ0) is 13.9. The summed E-state index contributed by atoms with van der Waals surface area (Å²) < 4.78 is 0. The molecular formula is C15H23N3OS. The molecule has 20 heavy (non-hydrogen) atoms. The van der Waals surface area contributed by atoms with Crippen LogP contribution in [0.5, 0.6) is 0 Å². The van der Waals surface area contributed by atoms with E-state index in [4.69, 9.17) is 0 Å². The summed E-state index contributed by atoms with van der Waals surface area (Å²) in [7, 11) is 0. The van der Waals surface area contributed by atoms with Gasteiger partial charge in [-0.25, -0.2) is 4.98 Å². The highest BCUT2D eigenvalue weighted by atomic mass is 32.1. The van der Waals surface area contributed by atoms with Gasteiger partial charge in [0, 0.05) is 36.6 Å². The highest BCUT2D eigenvalue weighted by Gasteiger charge is 2.25. The Morgan fingerprint density at radius 3 is 2.70 bits per heavy atom. The molecule has 1 aliphatic heterocycles. The fourth-order valence-corrected chi connectivity index (χ4v) is 3.73. The van der Waals surface area contributed by atoms with E-state index in [1.807, 2.05) is 6.20 Å². The van der Waals surface area contributed by atoms with Crippen molar-refractivity contribution in [1.29, 1.82) is 0 Å². The van der Waals surface area contributed by atoms with Crippen LogP contribution in [0.4, 0.5) is 5.13 Å². The Hall–Kier alpha value is -1.10. The normalized spacial score (nSPS) is 20.8. The zero-order valence-electron chi connectivity index (χ0n) is 12.1. The highest BCUT2D eigenvalue weighted by molar-refractivity contribution is 7.15. The van der Waals surface area contributed by atoms with Gasteiger partial charge in [0.1, 0.15) is 0 Å². The maximum Gasteiger partial charge on any atom is 0.220 e. The molecule has 0 spiro atoms. The van der Waals surface area contributed by atoms with Crippen LogP contribution < -0.4 is 10.2 Å². The molecule has 1 saturated heterocycles. The molecule has 1 aromatic heterocycles. The van der Waals surface area contributed by atoms with Crippen molar-refractivity contribution >= 4 is 22.4 Å². The van der Waals surface area contributed by atoms with Gasteiger partial charge in [0.25, 0.3) is 0 Å². The first-order valence-corrected chi connectivity index (χ1v) is 8.49. The average molecular weight is 293 g/mol. The molecule has 0 atom stereocenters. The minimum Gasteiger partial charge on any atom is -0.353 e. The number of amides is 1. The molecule has 5 heteroatoms. The van der Waals surface area contributed by atoms with E-state index in [9.17, 15) is 4.79 Å². The Balaban J connectivity index is 1.42. The average Bonchev–Trinajstić information content (AvgIpc) is 2.82. The number of anilines is 1. The van der Waals surface area contributed by atoms with Crippen molar-refractivity contribution in [3.05, 3.63) is 11.1 Å². The lowest BCUT2D eigenvalue weighted by Crippen LogP contribution is -2.41. The summed E-state index contributed by atoms with van der Waals surface area (Å²) in [6.45, 7) is 4.17. The van der Waals surface area contributed by atoms with Gasteiger partial charge in [-0.3, -0.25) is 4.79 Å². The number of aryl methyl sites for hydroxylation is 1.